The van der Waals surface area contributed by atoms with Crippen LogP contribution in [0.5, 0.6) is 5.75 Å². The van der Waals surface area contributed by atoms with Crippen molar-refractivity contribution in [3.05, 3.63) is 41.2 Å². The summed E-state index contributed by atoms with van der Waals surface area (Å²) in [5.41, 5.74) is 9.91. The highest BCUT2D eigenvalue weighted by Gasteiger charge is 2.05. The number of anilines is 1. The summed E-state index contributed by atoms with van der Waals surface area (Å²) in [6.07, 6.45) is 4.73. The van der Waals surface area contributed by atoms with E-state index in [0.29, 0.717) is 6.61 Å². The fraction of sp³-hybridized carbons (Fsp3) is 0.357. The van der Waals surface area contributed by atoms with Gasteiger partial charge in [-0.15, -0.1) is 0 Å². The lowest BCUT2D eigenvalue weighted by molar-refractivity contribution is 0.317. The Hall–Kier alpha value is -1.97. The Morgan fingerprint density at radius 3 is 2.50 bits per heavy atom. The zero-order valence-corrected chi connectivity index (χ0v) is 11.1. The van der Waals surface area contributed by atoms with Crippen molar-refractivity contribution in [1.82, 2.24) is 9.78 Å². The maximum absolute atomic E-state index is 5.84. The smallest absolute Gasteiger partial charge is 0.125 e. The van der Waals surface area contributed by atoms with Gasteiger partial charge in [0.15, 0.2) is 0 Å². The lowest BCUT2D eigenvalue weighted by Gasteiger charge is -2.12. The fourth-order valence-electron chi connectivity index (χ4n) is 2.08. The molecule has 2 N–H and O–H groups in total. The van der Waals surface area contributed by atoms with Gasteiger partial charge in [-0.1, -0.05) is 0 Å². The zero-order chi connectivity index (χ0) is 13.1. The van der Waals surface area contributed by atoms with Gasteiger partial charge >= 0.3 is 0 Å². The quantitative estimate of drug-likeness (QED) is 0.840. The zero-order valence-electron chi connectivity index (χ0n) is 11.1. The number of aromatic nitrogens is 2. The van der Waals surface area contributed by atoms with Crippen molar-refractivity contribution in [3.8, 4) is 5.75 Å². The molecule has 4 nitrogen and oxygen atoms in total. The van der Waals surface area contributed by atoms with Crippen molar-refractivity contribution in [1.29, 1.82) is 0 Å². The van der Waals surface area contributed by atoms with E-state index in [2.05, 4.69) is 5.10 Å². The summed E-state index contributed by atoms with van der Waals surface area (Å²) >= 11 is 0. The van der Waals surface area contributed by atoms with Crippen LogP contribution in [0.25, 0.3) is 0 Å². The number of nitrogen functional groups attached to an aromatic ring is 1. The second-order valence-corrected chi connectivity index (χ2v) is 4.60. The highest BCUT2D eigenvalue weighted by molar-refractivity contribution is 5.52. The van der Waals surface area contributed by atoms with Crippen LogP contribution < -0.4 is 10.5 Å². The van der Waals surface area contributed by atoms with Gasteiger partial charge in [0.25, 0.3) is 0 Å². The number of ether oxygens (including phenoxy) is 1. The molecule has 0 unspecified atom stereocenters. The first-order valence-corrected chi connectivity index (χ1v) is 6.03. The highest BCUT2D eigenvalue weighted by Crippen LogP contribution is 2.25. The SMILES string of the molecule is Cc1cc(N)cc(C)c1OCCc1cnn(C)c1. The molecular weight excluding hydrogens is 226 g/mol. The first-order chi connectivity index (χ1) is 8.56. The molecule has 0 saturated heterocycles. The van der Waals surface area contributed by atoms with Crippen LogP contribution in [0.1, 0.15) is 16.7 Å². The van der Waals surface area contributed by atoms with E-state index in [4.69, 9.17) is 10.5 Å². The van der Waals surface area contributed by atoms with Crippen LogP contribution >= 0.6 is 0 Å². The summed E-state index contributed by atoms with van der Waals surface area (Å²) in [4.78, 5) is 0. The molecule has 18 heavy (non-hydrogen) atoms. The first-order valence-electron chi connectivity index (χ1n) is 6.03. The predicted molar refractivity (Wildman–Crippen MR) is 72.7 cm³/mol. The van der Waals surface area contributed by atoms with E-state index in [-0.39, 0.29) is 0 Å². The third kappa shape index (κ3) is 2.83. The van der Waals surface area contributed by atoms with Gasteiger partial charge in [-0.2, -0.15) is 5.10 Å². The molecule has 0 aliphatic rings. The lowest BCUT2D eigenvalue weighted by Crippen LogP contribution is -2.04. The summed E-state index contributed by atoms with van der Waals surface area (Å²) in [7, 11) is 1.92. The Morgan fingerprint density at radius 2 is 1.94 bits per heavy atom. The molecule has 2 rings (SSSR count). The molecule has 1 heterocycles. The molecule has 0 aliphatic carbocycles. The molecule has 1 aromatic heterocycles. The van der Waals surface area contributed by atoms with Gasteiger partial charge < -0.3 is 10.5 Å². The fourth-order valence-corrected chi connectivity index (χ4v) is 2.08. The third-order valence-electron chi connectivity index (χ3n) is 2.88. The Kier molecular flexibility index (Phi) is 3.55. The van der Waals surface area contributed by atoms with Crippen molar-refractivity contribution in [2.75, 3.05) is 12.3 Å². The second kappa shape index (κ2) is 5.12. The molecule has 1 aromatic carbocycles. The molecule has 0 saturated carbocycles. The molecule has 2 aromatic rings. The molecular formula is C14H19N3O. The summed E-state index contributed by atoms with van der Waals surface area (Å²) < 4.78 is 7.64. The van der Waals surface area contributed by atoms with Crippen LogP contribution in [0.2, 0.25) is 0 Å². The van der Waals surface area contributed by atoms with Crippen LogP contribution in [0.15, 0.2) is 24.5 Å². The number of rotatable bonds is 4. The standard InChI is InChI=1S/C14H19N3O/c1-10-6-13(15)7-11(2)14(10)18-5-4-12-8-16-17(3)9-12/h6-9H,4-5,15H2,1-3H3. The van der Waals surface area contributed by atoms with Crippen molar-refractivity contribution in [2.45, 2.75) is 20.3 Å². The van der Waals surface area contributed by atoms with Crippen LogP contribution in [0.4, 0.5) is 5.69 Å². The molecule has 0 fully saturated rings. The van der Waals surface area contributed by atoms with Crippen molar-refractivity contribution >= 4 is 5.69 Å². The molecule has 0 bridgehead atoms. The molecule has 0 aliphatic heterocycles. The van der Waals surface area contributed by atoms with Crippen molar-refractivity contribution in [2.24, 2.45) is 7.05 Å². The second-order valence-electron chi connectivity index (χ2n) is 4.60. The van der Waals surface area contributed by atoms with Crippen molar-refractivity contribution < 1.29 is 4.74 Å². The Balaban J connectivity index is 1.98. The largest absolute Gasteiger partial charge is 0.493 e. The summed E-state index contributed by atoms with van der Waals surface area (Å²) in [5.74, 6) is 0.938. The highest BCUT2D eigenvalue weighted by atomic mass is 16.5. The van der Waals surface area contributed by atoms with E-state index >= 15 is 0 Å². The number of nitrogens with zero attached hydrogens (tertiary/aromatic N) is 2. The minimum absolute atomic E-state index is 0.650. The lowest BCUT2D eigenvalue weighted by atomic mass is 10.1. The minimum Gasteiger partial charge on any atom is -0.493 e. The monoisotopic (exact) mass is 245 g/mol. The molecule has 0 spiro atoms. The minimum atomic E-state index is 0.650. The van der Waals surface area contributed by atoms with E-state index in [9.17, 15) is 0 Å². The molecule has 0 amide bonds. The van der Waals surface area contributed by atoms with Crippen LogP contribution in [-0.4, -0.2) is 16.4 Å². The first kappa shape index (κ1) is 12.5. The number of hydrogen-bond donors (Lipinski definition) is 1. The average molecular weight is 245 g/mol. The van der Waals surface area contributed by atoms with E-state index in [1.807, 2.05) is 45.4 Å². The van der Waals surface area contributed by atoms with E-state index in [1.54, 1.807) is 4.68 Å². The topological polar surface area (TPSA) is 53.1 Å². The molecule has 0 radical (unpaired) electrons. The Labute approximate surface area is 107 Å². The maximum Gasteiger partial charge on any atom is 0.125 e. The van der Waals surface area contributed by atoms with E-state index in [1.165, 1.54) is 5.56 Å². The number of hydrogen-bond acceptors (Lipinski definition) is 3. The summed E-state index contributed by atoms with van der Waals surface area (Å²) in [6, 6.07) is 3.87. The van der Waals surface area contributed by atoms with Gasteiger partial charge in [0.1, 0.15) is 5.75 Å². The van der Waals surface area contributed by atoms with Crippen LogP contribution in [-0.2, 0) is 13.5 Å². The van der Waals surface area contributed by atoms with Gasteiger partial charge in [0, 0.05) is 25.4 Å². The number of aryl methyl sites for hydroxylation is 3. The Morgan fingerprint density at radius 1 is 1.28 bits per heavy atom. The maximum atomic E-state index is 5.84. The predicted octanol–water partition coefficient (Wildman–Crippen LogP) is 2.24. The normalized spacial score (nSPS) is 10.6. The third-order valence-corrected chi connectivity index (χ3v) is 2.88. The summed E-state index contributed by atoms with van der Waals surface area (Å²) in [5, 5.41) is 4.13. The van der Waals surface area contributed by atoms with Gasteiger partial charge in [-0.3, -0.25) is 4.68 Å². The molecule has 96 valence electrons. The van der Waals surface area contributed by atoms with Crippen molar-refractivity contribution in [3.63, 3.8) is 0 Å². The number of nitrogens with two attached hydrogens (primary N) is 1. The Bertz CT molecular complexity index is 523. The van der Waals surface area contributed by atoms with Gasteiger partial charge in [0.2, 0.25) is 0 Å². The van der Waals surface area contributed by atoms with Gasteiger partial charge in [-0.05, 0) is 42.7 Å². The van der Waals surface area contributed by atoms with Crippen LogP contribution in [0.3, 0.4) is 0 Å². The summed E-state index contributed by atoms with van der Waals surface area (Å²) in [6.45, 7) is 4.68. The van der Waals surface area contributed by atoms with E-state index in [0.717, 1.165) is 29.0 Å². The molecule has 0 atom stereocenters. The van der Waals surface area contributed by atoms with Gasteiger partial charge in [0.05, 0.1) is 12.8 Å². The van der Waals surface area contributed by atoms with Crippen LogP contribution in [0, 0.1) is 13.8 Å². The van der Waals surface area contributed by atoms with E-state index < -0.39 is 0 Å². The average Bonchev–Trinajstić information content (AvgIpc) is 2.68. The number of benzene rings is 1. The molecule has 4 heteroatoms. The van der Waals surface area contributed by atoms with Gasteiger partial charge in [-0.25, -0.2) is 0 Å².